The van der Waals surface area contributed by atoms with Crippen molar-refractivity contribution in [3.05, 3.63) is 47.5 Å². The minimum absolute atomic E-state index is 0.0246. The van der Waals surface area contributed by atoms with E-state index in [-0.39, 0.29) is 17.3 Å². The van der Waals surface area contributed by atoms with Gasteiger partial charge in [0, 0.05) is 12.0 Å². The Morgan fingerprint density at radius 1 is 0.778 bits per heavy atom. The lowest BCUT2D eigenvalue weighted by Gasteiger charge is -2.09. The van der Waals surface area contributed by atoms with Crippen LogP contribution >= 0.6 is 0 Å². The molecule has 0 radical (unpaired) electrons. The van der Waals surface area contributed by atoms with E-state index in [0.717, 1.165) is 16.7 Å². The number of hydrogen-bond acceptors (Lipinski definition) is 3. The molecule has 2 aromatic carbocycles. The second-order valence-corrected chi connectivity index (χ2v) is 4.49. The number of Topliss-reactive ketones (excluding diaryl/α,β-unsaturated/α-hetero) is 1. The van der Waals surface area contributed by atoms with Gasteiger partial charge in [-0.25, -0.2) is 0 Å². The third-order valence-corrected chi connectivity index (χ3v) is 3.30. The van der Waals surface area contributed by atoms with E-state index in [4.69, 9.17) is 0 Å². The van der Waals surface area contributed by atoms with Crippen LogP contribution in [-0.4, -0.2) is 16.0 Å². The first kappa shape index (κ1) is 10.8. The summed E-state index contributed by atoms with van der Waals surface area (Å²) in [6.45, 7) is 0. The van der Waals surface area contributed by atoms with Crippen molar-refractivity contribution in [2.75, 3.05) is 0 Å². The highest BCUT2D eigenvalue weighted by atomic mass is 16.3. The normalized spacial score (nSPS) is 13.7. The monoisotopic (exact) mass is 240 g/mol. The van der Waals surface area contributed by atoms with Crippen LogP contribution in [-0.2, 0) is 6.42 Å². The van der Waals surface area contributed by atoms with Crippen LogP contribution in [0.4, 0.5) is 0 Å². The average Bonchev–Trinajstić information content (AvgIpc) is 2.48. The maximum Gasteiger partial charge on any atom is 0.163 e. The fourth-order valence-electron chi connectivity index (χ4n) is 2.43. The van der Waals surface area contributed by atoms with Gasteiger partial charge in [-0.1, -0.05) is 6.07 Å². The molecule has 0 aromatic heterocycles. The molecule has 0 saturated heterocycles. The second kappa shape index (κ2) is 3.88. The molecule has 0 spiro atoms. The van der Waals surface area contributed by atoms with Gasteiger partial charge < -0.3 is 10.2 Å². The average molecular weight is 240 g/mol. The Labute approximate surface area is 104 Å². The quantitative estimate of drug-likeness (QED) is 0.744. The zero-order valence-corrected chi connectivity index (χ0v) is 9.68. The summed E-state index contributed by atoms with van der Waals surface area (Å²) in [7, 11) is 0. The van der Waals surface area contributed by atoms with Crippen molar-refractivity contribution in [3.63, 3.8) is 0 Å². The summed E-state index contributed by atoms with van der Waals surface area (Å²) in [6, 6.07) is 9.98. The lowest BCUT2D eigenvalue weighted by Crippen LogP contribution is -1.99. The number of hydrogen-bond donors (Lipinski definition) is 2. The molecule has 1 aliphatic carbocycles. The van der Waals surface area contributed by atoms with E-state index in [9.17, 15) is 15.0 Å². The lowest BCUT2D eigenvalue weighted by molar-refractivity contribution is 0.0984. The zero-order valence-electron chi connectivity index (χ0n) is 9.68. The van der Waals surface area contributed by atoms with Crippen molar-refractivity contribution in [1.29, 1.82) is 0 Å². The summed E-state index contributed by atoms with van der Waals surface area (Å²) in [5.74, 6) is 0.337. The Bertz CT molecular complexity index is 644. The third-order valence-electron chi connectivity index (χ3n) is 3.30. The van der Waals surface area contributed by atoms with E-state index in [1.165, 1.54) is 6.07 Å². The van der Waals surface area contributed by atoms with Crippen molar-refractivity contribution in [3.8, 4) is 22.6 Å². The molecule has 3 nitrogen and oxygen atoms in total. The number of rotatable bonds is 0. The minimum Gasteiger partial charge on any atom is -0.508 e. The van der Waals surface area contributed by atoms with Crippen LogP contribution in [0.25, 0.3) is 11.1 Å². The summed E-state index contributed by atoms with van der Waals surface area (Å²) in [4.78, 5) is 12.0. The van der Waals surface area contributed by atoms with Crippen LogP contribution in [0.1, 0.15) is 22.3 Å². The van der Waals surface area contributed by atoms with E-state index in [1.807, 2.05) is 6.07 Å². The van der Waals surface area contributed by atoms with Crippen LogP contribution in [0, 0.1) is 0 Å². The van der Waals surface area contributed by atoms with Gasteiger partial charge >= 0.3 is 0 Å². The Morgan fingerprint density at radius 2 is 1.44 bits per heavy atom. The Morgan fingerprint density at radius 3 is 2.22 bits per heavy atom. The van der Waals surface area contributed by atoms with E-state index >= 15 is 0 Å². The van der Waals surface area contributed by atoms with Crippen molar-refractivity contribution in [2.45, 2.75) is 12.8 Å². The number of carbonyl (C=O) groups excluding carboxylic acids is 1. The van der Waals surface area contributed by atoms with Crippen LogP contribution in [0.2, 0.25) is 0 Å². The number of ketones is 1. The number of phenols is 2. The van der Waals surface area contributed by atoms with Crippen molar-refractivity contribution < 1.29 is 15.0 Å². The highest BCUT2D eigenvalue weighted by Crippen LogP contribution is 2.35. The molecule has 1 aliphatic rings. The summed E-state index contributed by atoms with van der Waals surface area (Å²) in [5, 5.41) is 19.0. The molecule has 2 N–H and O–H groups in total. The Balaban J connectivity index is 2.30. The van der Waals surface area contributed by atoms with Crippen LogP contribution in [0.5, 0.6) is 11.5 Å². The first-order valence-electron chi connectivity index (χ1n) is 5.83. The van der Waals surface area contributed by atoms with Gasteiger partial charge in [-0.2, -0.15) is 0 Å². The largest absolute Gasteiger partial charge is 0.508 e. The molecule has 0 amide bonds. The number of fused-ring (bicyclic) bond motifs is 3. The zero-order chi connectivity index (χ0) is 12.7. The molecule has 0 unspecified atom stereocenters. The van der Waals surface area contributed by atoms with E-state index in [2.05, 4.69) is 0 Å². The van der Waals surface area contributed by atoms with Gasteiger partial charge in [0.15, 0.2) is 5.78 Å². The maximum atomic E-state index is 12.0. The van der Waals surface area contributed by atoms with Crippen LogP contribution in [0.15, 0.2) is 36.4 Å². The Hall–Kier alpha value is -2.29. The molecule has 0 fully saturated rings. The van der Waals surface area contributed by atoms with E-state index in [0.29, 0.717) is 18.4 Å². The number of carbonyl (C=O) groups is 1. The summed E-state index contributed by atoms with van der Waals surface area (Å²) >= 11 is 0. The summed E-state index contributed by atoms with van der Waals surface area (Å²) in [5.41, 5.74) is 3.30. The first-order chi connectivity index (χ1) is 8.65. The molecule has 3 rings (SSSR count). The van der Waals surface area contributed by atoms with Crippen molar-refractivity contribution in [2.24, 2.45) is 0 Å². The maximum absolute atomic E-state index is 12.0. The molecule has 0 saturated carbocycles. The van der Waals surface area contributed by atoms with Gasteiger partial charge in [-0.3, -0.25) is 4.79 Å². The number of phenolic OH excluding ortho intramolecular Hbond substituents is 2. The topological polar surface area (TPSA) is 57.5 Å². The van der Waals surface area contributed by atoms with Gasteiger partial charge in [0.1, 0.15) is 11.5 Å². The molecular weight excluding hydrogens is 228 g/mol. The minimum atomic E-state index is 0.0246. The summed E-state index contributed by atoms with van der Waals surface area (Å²) < 4.78 is 0. The molecule has 18 heavy (non-hydrogen) atoms. The predicted molar refractivity (Wildman–Crippen MR) is 67.9 cm³/mol. The molecule has 0 atom stereocenters. The molecule has 90 valence electrons. The van der Waals surface area contributed by atoms with E-state index in [1.54, 1.807) is 24.3 Å². The lowest BCUT2D eigenvalue weighted by atomic mass is 9.96. The van der Waals surface area contributed by atoms with Crippen molar-refractivity contribution in [1.82, 2.24) is 0 Å². The van der Waals surface area contributed by atoms with Gasteiger partial charge in [0.2, 0.25) is 0 Å². The van der Waals surface area contributed by atoms with Gasteiger partial charge in [-0.05, 0) is 53.4 Å². The first-order valence-corrected chi connectivity index (χ1v) is 5.83. The molecular formula is C15H12O3. The third kappa shape index (κ3) is 1.64. The van der Waals surface area contributed by atoms with Gasteiger partial charge in [0.25, 0.3) is 0 Å². The molecule has 3 heteroatoms. The van der Waals surface area contributed by atoms with Crippen LogP contribution < -0.4 is 0 Å². The molecule has 2 aromatic rings. The fourth-order valence-corrected chi connectivity index (χ4v) is 2.43. The SMILES string of the molecule is O=C1CCc2cc(O)ccc2-c2ccc(O)cc21. The summed E-state index contributed by atoms with van der Waals surface area (Å²) in [6.07, 6.45) is 1.00. The fraction of sp³-hybridized carbons (Fsp3) is 0.133. The molecule has 0 aliphatic heterocycles. The van der Waals surface area contributed by atoms with E-state index < -0.39 is 0 Å². The highest BCUT2D eigenvalue weighted by Gasteiger charge is 2.20. The Kier molecular flexibility index (Phi) is 2.33. The predicted octanol–water partition coefficient (Wildman–Crippen LogP) is 2.89. The molecule has 0 heterocycles. The highest BCUT2D eigenvalue weighted by molar-refractivity contribution is 6.04. The molecule has 0 bridgehead atoms. The second-order valence-electron chi connectivity index (χ2n) is 4.49. The van der Waals surface area contributed by atoms with Crippen molar-refractivity contribution >= 4 is 5.78 Å². The van der Waals surface area contributed by atoms with Gasteiger partial charge in [-0.15, -0.1) is 0 Å². The standard InChI is InChI=1S/C15H12O3/c16-10-2-4-12-9(7-10)1-6-15(18)14-8-11(17)3-5-13(12)14/h2-5,7-8,16-17H,1,6H2. The number of benzene rings is 2. The smallest absolute Gasteiger partial charge is 0.163 e. The number of aryl methyl sites for hydroxylation is 1. The number of aromatic hydroxyl groups is 2. The van der Waals surface area contributed by atoms with Gasteiger partial charge in [0.05, 0.1) is 0 Å². The van der Waals surface area contributed by atoms with Crippen LogP contribution in [0.3, 0.4) is 0 Å².